The number of carboxylic acids is 1. The molecule has 20 heavy (non-hydrogen) atoms. The summed E-state index contributed by atoms with van der Waals surface area (Å²) in [5, 5.41) is 18.6. The number of hydrogen-bond acceptors (Lipinski definition) is 5. The van der Waals surface area contributed by atoms with Crippen LogP contribution in [0.1, 0.15) is 15.9 Å². The standard InChI is InChI=1S/C14H14O6/c1-19-10(7-15)5-8-3-2-4-9-6-11(13(16)17)14(18)20-12(8)9/h2-4,6,10,15H,5,7H2,1H3,(H,16,17). The second-order valence-corrected chi connectivity index (χ2v) is 4.33. The van der Waals surface area contributed by atoms with E-state index in [9.17, 15) is 9.59 Å². The molecule has 2 rings (SSSR count). The first-order valence-corrected chi connectivity index (χ1v) is 5.99. The lowest BCUT2D eigenvalue weighted by Gasteiger charge is -2.13. The molecular formula is C14H14O6. The number of rotatable bonds is 5. The first-order chi connectivity index (χ1) is 9.56. The minimum absolute atomic E-state index is 0.162. The number of fused-ring (bicyclic) bond motifs is 1. The molecule has 6 heteroatoms. The molecule has 0 spiro atoms. The normalized spacial score (nSPS) is 12.5. The zero-order valence-corrected chi connectivity index (χ0v) is 10.8. The van der Waals surface area contributed by atoms with Gasteiger partial charge in [-0.25, -0.2) is 9.59 Å². The maximum absolute atomic E-state index is 11.6. The Morgan fingerprint density at radius 3 is 2.80 bits per heavy atom. The number of methoxy groups -OCH3 is 1. The Morgan fingerprint density at radius 2 is 2.20 bits per heavy atom. The van der Waals surface area contributed by atoms with Crippen LogP contribution in [0.15, 0.2) is 33.5 Å². The molecule has 1 heterocycles. The van der Waals surface area contributed by atoms with Crippen LogP contribution in [-0.4, -0.2) is 36.0 Å². The zero-order chi connectivity index (χ0) is 14.7. The molecule has 0 saturated carbocycles. The number of hydrogen-bond donors (Lipinski definition) is 2. The molecule has 1 unspecified atom stereocenters. The van der Waals surface area contributed by atoms with Crippen LogP contribution >= 0.6 is 0 Å². The molecule has 0 bridgehead atoms. The van der Waals surface area contributed by atoms with Crippen LogP contribution < -0.4 is 5.63 Å². The molecule has 0 aliphatic heterocycles. The molecule has 2 aromatic rings. The third kappa shape index (κ3) is 2.71. The Labute approximate surface area is 114 Å². The van der Waals surface area contributed by atoms with Crippen molar-refractivity contribution in [2.75, 3.05) is 13.7 Å². The summed E-state index contributed by atoms with van der Waals surface area (Å²) in [7, 11) is 1.48. The quantitative estimate of drug-likeness (QED) is 0.793. The zero-order valence-electron chi connectivity index (χ0n) is 10.8. The molecule has 1 atom stereocenters. The molecule has 0 aliphatic carbocycles. The number of aliphatic hydroxyl groups is 1. The summed E-state index contributed by atoms with van der Waals surface area (Å²) in [6, 6.07) is 6.42. The molecule has 0 fully saturated rings. The van der Waals surface area contributed by atoms with E-state index in [1.807, 2.05) is 0 Å². The lowest BCUT2D eigenvalue weighted by Crippen LogP contribution is -2.19. The number of carbonyl (C=O) groups is 1. The van der Waals surface area contributed by atoms with Crippen molar-refractivity contribution in [2.24, 2.45) is 0 Å². The van der Waals surface area contributed by atoms with Crippen LogP contribution in [-0.2, 0) is 11.2 Å². The first-order valence-electron chi connectivity index (χ1n) is 5.99. The maximum atomic E-state index is 11.6. The summed E-state index contributed by atoms with van der Waals surface area (Å²) in [5.41, 5.74) is -0.300. The number of ether oxygens (including phenoxy) is 1. The summed E-state index contributed by atoms with van der Waals surface area (Å²) >= 11 is 0. The molecule has 1 aromatic heterocycles. The summed E-state index contributed by atoms with van der Waals surface area (Å²) < 4.78 is 10.2. The maximum Gasteiger partial charge on any atom is 0.351 e. The van der Waals surface area contributed by atoms with E-state index in [0.717, 1.165) is 0 Å². The fourth-order valence-corrected chi connectivity index (χ4v) is 1.98. The molecule has 2 N–H and O–H groups in total. The number of aromatic carboxylic acids is 1. The monoisotopic (exact) mass is 278 g/mol. The predicted molar refractivity (Wildman–Crippen MR) is 71.0 cm³/mol. The molecule has 0 saturated heterocycles. The van der Waals surface area contributed by atoms with Gasteiger partial charge < -0.3 is 19.4 Å². The topological polar surface area (TPSA) is 97.0 Å². The highest BCUT2D eigenvalue weighted by Crippen LogP contribution is 2.20. The van der Waals surface area contributed by atoms with Crippen LogP contribution in [0.3, 0.4) is 0 Å². The summed E-state index contributed by atoms with van der Waals surface area (Å²) in [6.45, 7) is -0.162. The molecule has 106 valence electrons. The fourth-order valence-electron chi connectivity index (χ4n) is 1.98. The van der Waals surface area contributed by atoms with Crippen molar-refractivity contribution in [1.29, 1.82) is 0 Å². The lowest BCUT2D eigenvalue weighted by molar-refractivity contribution is 0.0495. The molecule has 6 nitrogen and oxygen atoms in total. The van der Waals surface area contributed by atoms with Gasteiger partial charge in [0.2, 0.25) is 0 Å². The minimum Gasteiger partial charge on any atom is -0.477 e. The summed E-state index contributed by atoms with van der Waals surface area (Å²) in [5.74, 6) is -1.32. The van der Waals surface area contributed by atoms with Gasteiger partial charge in [-0.2, -0.15) is 0 Å². The van der Waals surface area contributed by atoms with Crippen LogP contribution in [0.25, 0.3) is 11.0 Å². The van der Waals surface area contributed by atoms with Gasteiger partial charge in [-0.3, -0.25) is 0 Å². The highest BCUT2D eigenvalue weighted by Gasteiger charge is 2.15. The number of para-hydroxylation sites is 1. The second kappa shape index (κ2) is 5.85. The van der Waals surface area contributed by atoms with E-state index in [-0.39, 0.29) is 6.61 Å². The van der Waals surface area contributed by atoms with Crippen molar-refractivity contribution >= 4 is 16.9 Å². The van der Waals surface area contributed by atoms with Crippen molar-refractivity contribution in [1.82, 2.24) is 0 Å². The van der Waals surface area contributed by atoms with E-state index < -0.39 is 23.3 Å². The molecule has 0 amide bonds. The molecule has 0 radical (unpaired) electrons. The Morgan fingerprint density at radius 1 is 1.45 bits per heavy atom. The Balaban J connectivity index is 2.55. The van der Waals surface area contributed by atoms with Crippen LogP contribution in [0.5, 0.6) is 0 Å². The van der Waals surface area contributed by atoms with Gasteiger partial charge in [0.05, 0.1) is 12.7 Å². The lowest BCUT2D eigenvalue weighted by atomic mass is 10.0. The van der Waals surface area contributed by atoms with Crippen LogP contribution in [0, 0.1) is 0 Å². The number of carboxylic acid groups (broad SMARTS) is 1. The SMILES string of the molecule is COC(CO)Cc1cccc2cc(C(=O)O)c(=O)oc12. The van der Waals surface area contributed by atoms with E-state index in [0.29, 0.717) is 23.0 Å². The van der Waals surface area contributed by atoms with Gasteiger partial charge in [0.25, 0.3) is 0 Å². The van der Waals surface area contributed by atoms with Crippen LogP contribution in [0.2, 0.25) is 0 Å². The van der Waals surface area contributed by atoms with Gasteiger partial charge in [-0.15, -0.1) is 0 Å². The first kappa shape index (κ1) is 14.2. The van der Waals surface area contributed by atoms with E-state index >= 15 is 0 Å². The van der Waals surface area contributed by atoms with Gasteiger partial charge >= 0.3 is 11.6 Å². The molecule has 0 aliphatic rings. The number of benzene rings is 1. The Bertz CT molecular complexity index is 684. The largest absolute Gasteiger partial charge is 0.477 e. The van der Waals surface area contributed by atoms with Gasteiger partial charge in [0.15, 0.2) is 0 Å². The van der Waals surface area contributed by atoms with Crippen LogP contribution in [0.4, 0.5) is 0 Å². The minimum atomic E-state index is -1.32. The fraction of sp³-hybridized carbons (Fsp3) is 0.286. The van der Waals surface area contributed by atoms with Crippen molar-refractivity contribution in [3.05, 3.63) is 45.8 Å². The average molecular weight is 278 g/mol. The van der Waals surface area contributed by atoms with Crippen molar-refractivity contribution in [3.63, 3.8) is 0 Å². The van der Waals surface area contributed by atoms with E-state index in [4.69, 9.17) is 19.4 Å². The van der Waals surface area contributed by atoms with E-state index in [1.54, 1.807) is 18.2 Å². The van der Waals surface area contributed by atoms with Gasteiger partial charge in [-0.1, -0.05) is 18.2 Å². The smallest absolute Gasteiger partial charge is 0.351 e. The van der Waals surface area contributed by atoms with E-state index in [1.165, 1.54) is 13.2 Å². The third-order valence-corrected chi connectivity index (χ3v) is 3.06. The van der Waals surface area contributed by atoms with Crippen molar-refractivity contribution < 1.29 is 24.2 Å². The third-order valence-electron chi connectivity index (χ3n) is 3.06. The Hall–Kier alpha value is -2.18. The molecular weight excluding hydrogens is 264 g/mol. The summed E-state index contributed by atoms with van der Waals surface area (Å²) in [4.78, 5) is 22.5. The predicted octanol–water partition coefficient (Wildman–Crippen LogP) is 1.04. The Kier molecular flexibility index (Phi) is 4.16. The molecule has 1 aromatic carbocycles. The highest BCUT2D eigenvalue weighted by molar-refractivity contribution is 5.92. The van der Waals surface area contributed by atoms with E-state index in [2.05, 4.69) is 0 Å². The highest BCUT2D eigenvalue weighted by atomic mass is 16.5. The van der Waals surface area contributed by atoms with Gasteiger partial charge in [-0.05, 0) is 11.6 Å². The number of aliphatic hydroxyl groups excluding tert-OH is 1. The average Bonchev–Trinajstić information content (AvgIpc) is 2.44. The summed E-state index contributed by atoms with van der Waals surface area (Å²) in [6.07, 6.45) is -0.0512. The van der Waals surface area contributed by atoms with Crippen molar-refractivity contribution in [2.45, 2.75) is 12.5 Å². The van der Waals surface area contributed by atoms with Crippen molar-refractivity contribution in [3.8, 4) is 0 Å². The van der Waals surface area contributed by atoms with Gasteiger partial charge in [0.1, 0.15) is 11.1 Å². The second-order valence-electron chi connectivity index (χ2n) is 4.33. The van der Waals surface area contributed by atoms with Gasteiger partial charge in [0, 0.05) is 18.9 Å².